The van der Waals surface area contributed by atoms with Crippen LogP contribution in [-0.2, 0) is 16.0 Å². The summed E-state index contributed by atoms with van der Waals surface area (Å²) in [7, 11) is 0. The molecule has 120 valence electrons. The number of carbonyl (C=O) groups excluding carboxylic acids is 1. The number of nitrogens with zero attached hydrogens (tertiary/aromatic N) is 1. The van der Waals surface area contributed by atoms with E-state index in [0.717, 1.165) is 38.2 Å². The molecule has 0 N–H and O–H groups in total. The van der Waals surface area contributed by atoms with Crippen LogP contribution in [0.4, 0.5) is 0 Å². The maximum atomic E-state index is 13.3. The van der Waals surface area contributed by atoms with Crippen molar-refractivity contribution in [2.75, 3.05) is 19.0 Å². The van der Waals surface area contributed by atoms with Crippen molar-refractivity contribution in [3.8, 4) is 0 Å². The Morgan fingerprint density at radius 2 is 2.00 bits per heavy atom. The van der Waals surface area contributed by atoms with Gasteiger partial charge in [-0.15, -0.1) is 11.8 Å². The minimum absolute atomic E-state index is 0.0322. The van der Waals surface area contributed by atoms with Gasteiger partial charge in [-0.1, -0.05) is 24.3 Å². The first-order valence-electron chi connectivity index (χ1n) is 8.28. The van der Waals surface area contributed by atoms with Gasteiger partial charge in [0.05, 0.1) is 0 Å². The molecule has 1 aromatic carbocycles. The lowest BCUT2D eigenvalue weighted by Crippen LogP contribution is -2.49. The first-order chi connectivity index (χ1) is 10.7. The monoisotopic (exact) mass is 319 g/mol. The van der Waals surface area contributed by atoms with Crippen LogP contribution in [0, 0.1) is 0 Å². The van der Waals surface area contributed by atoms with Crippen molar-refractivity contribution in [1.82, 2.24) is 4.90 Å². The first kappa shape index (κ1) is 15.9. The fourth-order valence-corrected chi connectivity index (χ4v) is 4.80. The van der Waals surface area contributed by atoms with Gasteiger partial charge >= 0.3 is 0 Å². The molecule has 22 heavy (non-hydrogen) atoms. The van der Waals surface area contributed by atoms with Crippen LogP contribution in [0.3, 0.4) is 0 Å². The van der Waals surface area contributed by atoms with E-state index in [0.29, 0.717) is 11.9 Å². The van der Waals surface area contributed by atoms with Crippen molar-refractivity contribution in [2.45, 2.75) is 50.4 Å². The number of carbonyl (C=O) groups is 1. The van der Waals surface area contributed by atoms with Crippen molar-refractivity contribution >= 4 is 17.7 Å². The average Bonchev–Trinajstić information content (AvgIpc) is 2.55. The predicted octanol–water partition coefficient (Wildman–Crippen LogP) is 3.43. The van der Waals surface area contributed by atoms with Gasteiger partial charge in [-0.25, -0.2) is 0 Å². The third-order valence-corrected chi connectivity index (χ3v) is 5.84. The lowest BCUT2D eigenvalue weighted by Gasteiger charge is -2.40. The topological polar surface area (TPSA) is 29.5 Å². The molecule has 1 fully saturated rings. The Bertz CT molecular complexity index is 526. The Kier molecular flexibility index (Phi) is 5.09. The van der Waals surface area contributed by atoms with E-state index in [4.69, 9.17) is 4.74 Å². The molecule has 1 amide bonds. The van der Waals surface area contributed by atoms with Crippen LogP contribution in [0.2, 0.25) is 0 Å². The number of hydrogen-bond acceptors (Lipinski definition) is 3. The molecule has 0 bridgehead atoms. The minimum atomic E-state index is -0.0322. The Morgan fingerprint density at radius 1 is 1.27 bits per heavy atom. The molecule has 0 radical (unpaired) electrons. The molecule has 0 spiro atoms. The highest BCUT2D eigenvalue weighted by Gasteiger charge is 2.35. The zero-order valence-electron chi connectivity index (χ0n) is 13.5. The zero-order chi connectivity index (χ0) is 15.5. The maximum Gasteiger partial charge on any atom is 0.240 e. The second-order valence-corrected chi connectivity index (χ2v) is 7.60. The number of ether oxygens (including phenoxy) is 1. The lowest BCUT2D eigenvalue weighted by molar-refractivity contribution is -0.137. The van der Waals surface area contributed by atoms with Crippen LogP contribution in [0.25, 0.3) is 0 Å². The van der Waals surface area contributed by atoms with Gasteiger partial charge in [0.2, 0.25) is 5.91 Å². The Balaban J connectivity index is 1.85. The van der Waals surface area contributed by atoms with Crippen molar-refractivity contribution < 1.29 is 9.53 Å². The molecule has 0 unspecified atom stereocenters. The summed E-state index contributed by atoms with van der Waals surface area (Å²) in [6.07, 6.45) is 3.00. The molecule has 4 heteroatoms. The predicted molar refractivity (Wildman–Crippen MR) is 91.2 cm³/mol. The molecule has 1 saturated heterocycles. The lowest BCUT2D eigenvalue weighted by atomic mass is 9.98. The molecule has 2 aliphatic rings. The van der Waals surface area contributed by atoms with Crippen LogP contribution < -0.4 is 0 Å². The summed E-state index contributed by atoms with van der Waals surface area (Å²) >= 11 is 1.80. The molecule has 2 aliphatic heterocycles. The van der Waals surface area contributed by atoms with Crippen molar-refractivity contribution in [2.24, 2.45) is 0 Å². The molecule has 0 saturated carbocycles. The van der Waals surface area contributed by atoms with Gasteiger partial charge in [-0.05, 0) is 50.0 Å². The van der Waals surface area contributed by atoms with Gasteiger partial charge in [0.15, 0.2) is 0 Å². The first-order valence-corrected chi connectivity index (χ1v) is 9.32. The average molecular weight is 319 g/mol. The number of benzene rings is 1. The third kappa shape index (κ3) is 3.18. The van der Waals surface area contributed by atoms with E-state index in [1.54, 1.807) is 11.8 Å². The Morgan fingerprint density at radius 3 is 2.73 bits per heavy atom. The summed E-state index contributed by atoms with van der Waals surface area (Å²) in [5, 5.41) is -0.0322. The Labute approximate surface area is 137 Å². The molecule has 0 aromatic heterocycles. The maximum absolute atomic E-state index is 13.3. The number of aryl methyl sites for hydroxylation is 1. The van der Waals surface area contributed by atoms with Gasteiger partial charge in [-0.2, -0.15) is 0 Å². The highest BCUT2D eigenvalue weighted by atomic mass is 32.2. The van der Waals surface area contributed by atoms with E-state index < -0.39 is 0 Å². The van der Waals surface area contributed by atoms with Crippen molar-refractivity contribution in [3.63, 3.8) is 0 Å². The summed E-state index contributed by atoms with van der Waals surface area (Å²) in [6.45, 7) is 5.81. The summed E-state index contributed by atoms with van der Waals surface area (Å²) in [4.78, 5) is 15.4. The van der Waals surface area contributed by atoms with Crippen LogP contribution in [0.1, 0.15) is 43.1 Å². The number of thioether (sulfide) groups is 1. The minimum Gasteiger partial charge on any atom is -0.381 e. The molecule has 2 heterocycles. The van der Waals surface area contributed by atoms with Crippen molar-refractivity contribution in [1.29, 1.82) is 0 Å². The molecule has 3 rings (SSSR count). The van der Waals surface area contributed by atoms with Gasteiger partial charge in [-0.3, -0.25) is 4.79 Å². The van der Waals surface area contributed by atoms with E-state index in [1.165, 1.54) is 11.1 Å². The zero-order valence-corrected chi connectivity index (χ0v) is 14.3. The third-order valence-electron chi connectivity index (χ3n) is 4.61. The van der Waals surface area contributed by atoms with E-state index in [-0.39, 0.29) is 11.3 Å². The molecule has 0 aliphatic carbocycles. The van der Waals surface area contributed by atoms with Gasteiger partial charge in [0.25, 0.3) is 0 Å². The largest absolute Gasteiger partial charge is 0.381 e. The van der Waals surface area contributed by atoms with Crippen LogP contribution in [0.15, 0.2) is 24.3 Å². The molecule has 1 aromatic rings. The Hall–Kier alpha value is -1.00. The smallest absolute Gasteiger partial charge is 0.240 e. The highest BCUT2D eigenvalue weighted by molar-refractivity contribution is 8.00. The fourth-order valence-electron chi connectivity index (χ4n) is 3.55. The van der Waals surface area contributed by atoms with E-state index in [9.17, 15) is 4.79 Å². The number of rotatable bonds is 3. The van der Waals surface area contributed by atoms with Crippen molar-refractivity contribution in [3.05, 3.63) is 35.4 Å². The van der Waals surface area contributed by atoms with Gasteiger partial charge in [0.1, 0.15) is 5.25 Å². The molecule has 1 atom stereocenters. The second-order valence-electron chi connectivity index (χ2n) is 6.38. The molecule has 3 nitrogen and oxygen atoms in total. The fraction of sp³-hybridized carbons (Fsp3) is 0.611. The van der Waals surface area contributed by atoms with Crippen LogP contribution in [-0.4, -0.2) is 41.9 Å². The van der Waals surface area contributed by atoms with Crippen LogP contribution in [0.5, 0.6) is 0 Å². The quantitative estimate of drug-likeness (QED) is 0.855. The van der Waals surface area contributed by atoms with Gasteiger partial charge in [0, 0.05) is 25.3 Å². The second kappa shape index (κ2) is 7.05. The summed E-state index contributed by atoms with van der Waals surface area (Å²) in [5.74, 6) is 1.33. The summed E-state index contributed by atoms with van der Waals surface area (Å²) < 4.78 is 5.47. The summed E-state index contributed by atoms with van der Waals surface area (Å²) in [6, 6.07) is 9.01. The molecular formula is C18H25NO2S. The molecular weight excluding hydrogens is 294 g/mol. The number of hydrogen-bond donors (Lipinski definition) is 0. The number of fused-ring (bicyclic) bond motifs is 1. The van der Waals surface area contributed by atoms with Gasteiger partial charge < -0.3 is 9.64 Å². The highest BCUT2D eigenvalue weighted by Crippen LogP contribution is 2.39. The van der Waals surface area contributed by atoms with E-state index in [2.05, 4.69) is 43.0 Å². The van der Waals surface area contributed by atoms with E-state index >= 15 is 0 Å². The SMILES string of the molecule is CC(C)N(C(=O)[C@@H]1SCCc2ccccc21)C1CCOCC1. The standard InChI is InChI=1S/C18H25NO2S/c1-13(2)19(15-7-10-21-11-8-15)18(20)17-16-6-4-3-5-14(16)9-12-22-17/h3-6,13,15,17H,7-12H2,1-2H3/t17-/m1/s1. The van der Waals surface area contributed by atoms with E-state index in [1.807, 2.05) is 0 Å². The summed E-state index contributed by atoms with van der Waals surface area (Å²) in [5.41, 5.74) is 2.57. The number of amides is 1. The normalized spacial score (nSPS) is 22.4. The van der Waals surface area contributed by atoms with Crippen LogP contribution >= 0.6 is 11.8 Å².